The van der Waals surface area contributed by atoms with E-state index in [4.69, 9.17) is 5.73 Å². The molecule has 0 unspecified atom stereocenters. The average Bonchev–Trinajstić information content (AvgIpc) is 2.64. The number of nitrogens with zero attached hydrogens (tertiary/aromatic N) is 2. The van der Waals surface area contributed by atoms with Crippen LogP contribution >= 0.6 is 0 Å². The summed E-state index contributed by atoms with van der Waals surface area (Å²) < 4.78 is 1.61. The van der Waals surface area contributed by atoms with Crippen molar-refractivity contribution in [3.63, 3.8) is 0 Å². The molecule has 0 aliphatic heterocycles. The largest absolute Gasteiger partial charge is 0.346 e. The van der Waals surface area contributed by atoms with Crippen LogP contribution in [0.4, 0.5) is 5.82 Å². The van der Waals surface area contributed by atoms with Gasteiger partial charge in [0, 0.05) is 13.1 Å². The molecule has 1 aromatic rings. The Balaban J connectivity index is 2.59. The van der Waals surface area contributed by atoms with Crippen molar-refractivity contribution in [2.75, 3.05) is 18.4 Å². The number of aromatic nitrogens is 2. The van der Waals surface area contributed by atoms with Crippen molar-refractivity contribution in [1.29, 1.82) is 0 Å². The van der Waals surface area contributed by atoms with Crippen LogP contribution in [-0.2, 0) is 23.1 Å². The van der Waals surface area contributed by atoms with Crippen LogP contribution < -0.4 is 16.4 Å². The first-order valence-electron chi connectivity index (χ1n) is 6.51. The van der Waals surface area contributed by atoms with Gasteiger partial charge in [0.1, 0.15) is 5.82 Å². The Morgan fingerprint density at radius 2 is 2.00 bits per heavy atom. The minimum atomic E-state index is -0.362. The number of aryl methyl sites for hydroxylation is 1. The van der Waals surface area contributed by atoms with Gasteiger partial charge in [0.15, 0.2) is 0 Å². The predicted molar refractivity (Wildman–Crippen MR) is 77.1 cm³/mol. The fourth-order valence-corrected chi connectivity index (χ4v) is 1.71. The van der Waals surface area contributed by atoms with Crippen LogP contribution in [0.25, 0.3) is 0 Å². The van der Waals surface area contributed by atoms with E-state index in [1.54, 1.807) is 11.7 Å². The zero-order valence-electron chi connectivity index (χ0n) is 12.5. The van der Waals surface area contributed by atoms with Gasteiger partial charge in [-0.05, 0) is 11.8 Å². The zero-order valence-corrected chi connectivity index (χ0v) is 12.5. The minimum absolute atomic E-state index is 0.101. The molecule has 4 N–H and O–H groups in total. The lowest BCUT2D eigenvalue weighted by Gasteiger charge is -2.15. The number of anilines is 1. The van der Waals surface area contributed by atoms with E-state index in [-0.39, 0.29) is 30.3 Å². The molecule has 1 rings (SSSR count). The Bertz CT molecular complexity index is 487. The molecule has 0 radical (unpaired) electrons. The third kappa shape index (κ3) is 5.40. The van der Waals surface area contributed by atoms with Crippen LogP contribution in [0.1, 0.15) is 26.5 Å². The highest BCUT2D eigenvalue weighted by Crippen LogP contribution is 2.21. The summed E-state index contributed by atoms with van der Waals surface area (Å²) in [5, 5.41) is 9.47. The van der Waals surface area contributed by atoms with Gasteiger partial charge in [-0.25, -0.2) is 0 Å². The number of nitrogens with one attached hydrogen (secondary N) is 2. The highest BCUT2D eigenvalue weighted by atomic mass is 16.2. The highest BCUT2D eigenvalue weighted by molar-refractivity contribution is 5.94. The van der Waals surface area contributed by atoms with Crippen LogP contribution in [0, 0.1) is 5.41 Å². The van der Waals surface area contributed by atoms with Gasteiger partial charge in [0.05, 0.1) is 18.8 Å². The molecule has 0 bridgehead atoms. The third-order valence-corrected chi connectivity index (χ3v) is 2.54. The summed E-state index contributed by atoms with van der Waals surface area (Å²) >= 11 is 0. The molecular weight excluding hydrogens is 258 g/mol. The minimum Gasteiger partial charge on any atom is -0.346 e. The van der Waals surface area contributed by atoms with Crippen molar-refractivity contribution < 1.29 is 9.59 Å². The van der Waals surface area contributed by atoms with Crippen molar-refractivity contribution in [2.24, 2.45) is 18.2 Å². The molecule has 0 saturated carbocycles. The smallest absolute Gasteiger partial charge is 0.244 e. The maximum Gasteiger partial charge on any atom is 0.244 e. The molecule has 0 aromatic carbocycles. The van der Waals surface area contributed by atoms with Gasteiger partial charge < -0.3 is 16.4 Å². The molecule has 20 heavy (non-hydrogen) atoms. The molecule has 1 aromatic heterocycles. The first kappa shape index (κ1) is 16.2. The van der Waals surface area contributed by atoms with Crippen LogP contribution in [0.15, 0.2) is 6.07 Å². The van der Waals surface area contributed by atoms with Gasteiger partial charge in [-0.3, -0.25) is 14.3 Å². The van der Waals surface area contributed by atoms with Gasteiger partial charge in [0.25, 0.3) is 0 Å². The molecular formula is C13H23N5O2. The van der Waals surface area contributed by atoms with Crippen molar-refractivity contribution >= 4 is 17.6 Å². The number of nitrogens with two attached hydrogens (primary N) is 1. The predicted octanol–water partition coefficient (Wildman–Crippen LogP) is 0.0221. The molecule has 0 aliphatic rings. The molecule has 7 heteroatoms. The zero-order chi connectivity index (χ0) is 15.3. The summed E-state index contributed by atoms with van der Waals surface area (Å²) in [5.41, 5.74) is 6.19. The highest BCUT2D eigenvalue weighted by Gasteiger charge is 2.16. The number of carbonyl (C=O) groups is 2. The lowest BCUT2D eigenvalue weighted by atomic mass is 9.91. The second-order valence-electron chi connectivity index (χ2n) is 5.91. The number of rotatable bonds is 5. The molecule has 1 heterocycles. The van der Waals surface area contributed by atoms with Gasteiger partial charge in [-0.15, -0.1) is 0 Å². The van der Waals surface area contributed by atoms with Crippen molar-refractivity contribution in [3.8, 4) is 0 Å². The van der Waals surface area contributed by atoms with E-state index in [2.05, 4.69) is 36.5 Å². The van der Waals surface area contributed by atoms with E-state index in [9.17, 15) is 9.59 Å². The van der Waals surface area contributed by atoms with Crippen LogP contribution in [0.2, 0.25) is 0 Å². The monoisotopic (exact) mass is 281 g/mol. The Labute approximate surface area is 118 Å². The maximum absolute atomic E-state index is 11.7. The van der Waals surface area contributed by atoms with E-state index in [1.807, 2.05) is 6.07 Å². The number of carbonyl (C=O) groups excluding carboxylic acids is 2. The van der Waals surface area contributed by atoms with Crippen LogP contribution in [0.5, 0.6) is 0 Å². The Hall–Kier alpha value is -1.89. The molecule has 0 spiro atoms. The number of hydrogen-bond donors (Lipinski definition) is 3. The first-order valence-corrected chi connectivity index (χ1v) is 6.51. The summed E-state index contributed by atoms with van der Waals surface area (Å²) in [6.45, 7) is 6.15. The van der Waals surface area contributed by atoms with Crippen LogP contribution in [-0.4, -0.2) is 34.7 Å². The first-order chi connectivity index (χ1) is 9.21. The van der Waals surface area contributed by atoms with E-state index in [0.29, 0.717) is 5.82 Å². The maximum atomic E-state index is 11.7. The van der Waals surface area contributed by atoms with Gasteiger partial charge in [0.2, 0.25) is 11.8 Å². The van der Waals surface area contributed by atoms with Gasteiger partial charge >= 0.3 is 0 Å². The summed E-state index contributed by atoms with van der Waals surface area (Å²) in [4.78, 5) is 22.6. The normalized spacial score (nSPS) is 11.2. The van der Waals surface area contributed by atoms with Crippen molar-refractivity contribution in [2.45, 2.75) is 27.2 Å². The van der Waals surface area contributed by atoms with Gasteiger partial charge in [-0.2, -0.15) is 5.10 Å². The fourth-order valence-electron chi connectivity index (χ4n) is 1.71. The molecule has 2 amide bonds. The number of amides is 2. The van der Waals surface area contributed by atoms with Crippen molar-refractivity contribution in [3.05, 3.63) is 11.8 Å². The number of hydrogen-bond acceptors (Lipinski definition) is 4. The summed E-state index contributed by atoms with van der Waals surface area (Å²) in [6.07, 6.45) is 0.820. The summed E-state index contributed by atoms with van der Waals surface area (Å²) in [7, 11) is 1.76. The van der Waals surface area contributed by atoms with Crippen LogP contribution in [0.3, 0.4) is 0 Å². The lowest BCUT2D eigenvalue weighted by molar-refractivity contribution is -0.123. The van der Waals surface area contributed by atoms with Crippen molar-refractivity contribution in [1.82, 2.24) is 15.1 Å². The molecule has 0 saturated heterocycles. The standard InChI is InChI=1S/C13H23N5O2/c1-13(2,3)6-9-5-10(18(4)17-9)16-12(20)8-15-11(19)7-14/h5H,6-8,14H2,1-4H3,(H,15,19)(H,16,20). The molecule has 7 nitrogen and oxygen atoms in total. The molecule has 112 valence electrons. The topological polar surface area (TPSA) is 102 Å². The molecule has 0 aliphatic carbocycles. The molecule has 0 fully saturated rings. The van der Waals surface area contributed by atoms with E-state index >= 15 is 0 Å². The fraction of sp³-hybridized carbons (Fsp3) is 0.615. The van der Waals surface area contributed by atoms with E-state index in [1.165, 1.54) is 0 Å². The summed E-state index contributed by atoms with van der Waals surface area (Å²) in [5.74, 6) is -0.0630. The Morgan fingerprint density at radius 3 is 2.55 bits per heavy atom. The average molecular weight is 281 g/mol. The lowest BCUT2D eigenvalue weighted by Crippen LogP contribution is -2.36. The second kappa shape index (κ2) is 6.51. The quantitative estimate of drug-likeness (QED) is 0.708. The van der Waals surface area contributed by atoms with E-state index < -0.39 is 0 Å². The van der Waals surface area contributed by atoms with Gasteiger partial charge in [-0.1, -0.05) is 20.8 Å². The van der Waals surface area contributed by atoms with E-state index in [0.717, 1.165) is 12.1 Å². The Kier molecular flexibility index (Phi) is 5.26. The Morgan fingerprint density at radius 1 is 1.35 bits per heavy atom. The molecule has 0 atom stereocenters. The summed E-state index contributed by atoms with van der Waals surface area (Å²) in [6, 6.07) is 1.84. The second-order valence-corrected chi connectivity index (χ2v) is 5.91. The SMILES string of the molecule is Cn1nc(CC(C)(C)C)cc1NC(=O)CNC(=O)CN. The third-order valence-electron chi connectivity index (χ3n) is 2.54.